The monoisotopic (exact) mass is 295 g/mol. The molecule has 5 nitrogen and oxygen atoms in total. The van der Waals surface area contributed by atoms with Gasteiger partial charge in [-0.25, -0.2) is 9.97 Å². The molecule has 1 aliphatic rings. The SMILES string of the molecule is CCN=c1ncn(CC)c2nc(C3CCCC3)[nH]c12.Cl. The molecule has 2 heterocycles. The van der Waals surface area contributed by atoms with Gasteiger partial charge in [0.1, 0.15) is 11.3 Å². The molecule has 1 fully saturated rings. The van der Waals surface area contributed by atoms with Crippen LogP contribution in [0.1, 0.15) is 51.3 Å². The maximum atomic E-state index is 4.82. The number of aromatic nitrogens is 4. The summed E-state index contributed by atoms with van der Waals surface area (Å²) < 4.78 is 2.08. The Balaban J connectivity index is 0.00000147. The minimum atomic E-state index is 0. The summed E-state index contributed by atoms with van der Waals surface area (Å²) in [4.78, 5) is 17.2. The first-order chi connectivity index (χ1) is 9.33. The lowest BCUT2D eigenvalue weighted by Crippen LogP contribution is -2.14. The highest BCUT2D eigenvalue weighted by atomic mass is 35.5. The van der Waals surface area contributed by atoms with Crippen LogP contribution >= 0.6 is 12.4 Å². The Hall–Kier alpha value is -1.36. The summed E-state index contributed by atoms with van der Waals surface area (Å²) in [6, 6.07) is 0. The molecular formula is C14H22ClN5. The predicted molar refractivity (Wildman–Crippen MR) is 82.1 cm³/mol. The number of aromatic amines is 1. The number of nitrogens with one attached hydrogen (secondary N) is 1. The van der Waals surface area contributed by atoms with E-state index in [9.17, 15) is 0 Å². The number of halogens is 1. The van der Waals surface area contributed by atoms with Gasteiger partial charge in [-0.05, 0) is 26.7 Å². The molecule has 0 spiro atoms. The molecule has 2 aromatic heterocycles. The predicted octanol–water partition coefficient (Wildman–Crippen LogP) is 2.78. The Bertz CT molecular complexity index is 637. The topological polar surface area (TPSA) is 58.9 Å². The number of H-pyrrole nitrogens is 1. The van der Waals surface area contributed by atoms with E-state index in [4.69, 9.17) is 4.98 Å². The van der Waals surface area contributed by atoms with E-state index in [-0.39, 0.29) is 12.4 Å². The molecule has 0 aromatic carbocycles. The summed E-state index contributed by atoms with van der Waals surface area (Å²) in [6.07, 6.45) is 6.98. The average Bonchev–Trinajstić information content (AvgIpc) is 3.08. The van der Waals surface area contributed by atoms with E-state index in [1.807, 2.05) is 13.3 Å². The van der Waals surface area contributed by atoms with Crippen LogP contribution in [0.15, 0.2) is 11.3 Å². The van der Waals surface area contributed by atoms with Crippen molar-refractivity contribution in [2.75, 3.05) is 6.54 Å². The van der Waals surface area contributed by atoms with Crippen LogP contribution in [0, 0.1) is 0 Å². The van der Waals surface area contributed by atoms with E-state index in [1.54, 1.807) is 0 Å². The van der Waals surface area contributed by atoms with Crippen molar-refractivity contribution in [3.8, 4) is 0 Å². The molecule has 0 bridgehead atoms. The minimum absolute atomic E-state index is 0. The standard InChI is InChI=1S/C14H21N5.ClH/c1-3-15-13-11-14(19(4-2)9-16-13)18-12(17-11)10-7-5-6-8-10;/h9-10H,3-8H2,1-2H3,(H,17,18);1H. The first kappa shape index (κ1) is 15.0. The molecule has 0 amide bonds. The van der Waals surface area contributed by atoms with Crippen LogP contribution in [0.3, 0.4) is 0 Å². The van der Waals surface area contributed by atoms with Crippen molar-refractivity contribution in [2.45, 2.75) is 52.0 Å². The number of hydrogen-bond donors (Lipinski definition) is 1. The largest absolute Gasteiger partial charge is 0.337 e. The lowest BCUT2D eigenvalue weighted by Gasteiger charge is -2.03. The van der Waals surface area contributed by atoms with Gasteiger partial charge in [-0.15, -0.1) is 12.4 Å². The average molecular weight is 296 g/mol. The summed E-state index contributed by atoms with van der Waals surface area (Å²) in [6.45, 7) is 5.77. The minimum Gasteiger partial charge on any atom is -0.337 e. The number of aryl methyl sites for hydroxylation is 1. The molecule has 0 radical (unpaired) electrons. The van der Waals surface area contributed by atoms with Gasteiger partial charge >= 0.3 is 0 Å². The first-order valence-electron chi connectivity index (χ1n) is 7.29. The second-order valence-electron chi connectivity index (χ2n) is 5.13. The van der Waals surface area contributed by atoms with Crippen molar-refractivity contribution in [2.24, 2.45) is 4.99 Å². The van der Waals surface area contributed by atoms with Crippen LogP contribution < -0.4 is 5.49 Å². The fraction of sp³-hybridized carbons (Fsp3) is 0.643. The van der Waals surface area contributed by atoms with Crippen molar-refractivity contribution in [3.05, 3.63) is 17.6 Å². The van der Waals surface area contributed by atoms with Crippen molar-refractivity contribution in [1.82, 2.24) is 19.5 Å². The Labute approximate surface area is 125 Å². The molecule has 3 rings (SSSR count). The molecule has 1 N–H and O–H groups in total. The number of imidazole rings is 1. The third kappa shape index (κ3) is 2.59. The maximum absolute atomic E-state index is 4.82. The molecule has 0 atom stereocenters. The highest BCUT2D eigenvalue weighted by Crippen LogP contribution is 2.32. The molecular weight excluding hydrogens is 274 g/mol. The summed E-state index contributed by atoms with van der Waals surface area (Å²) >= 11 is 0. The van der Waals surface area contributed by atoms with Crippen LogP contribution in [0.25, 0.3) is 11.2 Å². The molecule has 1 aliphatic carbocycles. The van der Waals surface area contributed by atoms with Gasteiger partial charge in [-0.1, -0.05) is 12.8 Å². The quantitative estimate of drug-likeness (QED) is 0.946. The molecule has 6 heteroatoms. The van der Waals surface area contributed by atoms with Gasteiger partial charge in [0.2, 0.25) is 0 Å². The summed E-state index contributed by atoms with van der Waals surface area (Å²) in [5.41, 5.74) is 2.78. The van der Waals surface area contributed by atoms with Crippen molar-refractivity contribution in [3.63, 3.8) is 0 Å². The van der Waals surface area contributed by atoms with E-state index in [0.717, 1.165) is 35.6 Å². The van der Waals surface area contributed by atoms with Gasteiger partial charge < -0.3 is 9.55 Å². The van der Waals surface area contributed by atoms with E-state index in [2.05, 4.69) is 26.5 Å². The molecule has 2 aromatic rings. The highest BCUT2D eigenvalue weighted by Gasteiger charge is 2.21. The zero-order valence-electron chi connectivity index (χ0n) is 12.1. The summed E-state index contributed by atoms with van der Waals surface area (Å²) in [5, 5.41) is 0. The van der Waals surface area contributed by atoms with E-state index in [1.165, 1.54) is 25.7 Å². The van der Waals surface area contributed by atoms with Gasteiger partial charge in [-0.3, -0.25) is 4.99 Å². The fourth-order valence-corrected chi connectivity index (χ4v) is 2.88. The lowest BCUT2D eigenvalue weighted by molar-refractivity contribution is 0.678. The number of fused-ring (bicyclic) bond motifs is 1. The molecule has 110 valence electrons. The molecule has 0 aliphatic heterocycles. The van der Waals surface area contributed by atoms with Crippen LogP contribution in [0.5, 0.6) is 0 Å². The Morgan fingerprint density at radius 1 is 1.35 bits per heavy atom. The van der Waals surface area contributed by atoms with Crippen LogP contribution in [-0.4, -0.2) is 26.1 Å². The Kier molecular flexibility index (Phi) is 4.81. The normalized spacial score (nSPS) is 16.8. The Morgan fingerprint density at radius 3 is 2.75 bits per heavy atom. The van der Waals surface area contributed by atoms with Gasteiger partial charge in [-0.2, -0.15) is 0 Å². The highest BCUT2D eigenvalue weighted by molar-refractivity contribution is 5.85. The number of nitrogens with zero attached hydrogens (tertiary/aromatic N) is 4. The molecule has 1 saturated carbocycles. The van der Waals surface area contributed by atoms with E-state index < -0.39 is 0 Å². The second-order valence-corrected chi connectivity index (χ2v) is 5.13. The molecule has 0 saturated heterocycles. The maximum Gasteiger partial charge on any atom is 0.176 e. The first-order valence-corrected chi connectivity index (χ1v) is 7.29. The smallest absolute Gasteiger partial charge is 0.176 e. The van der Waals surface area contributed by atoms with Gasteiger partial charge in [0.25, 0.3) is 0 Å². The van der Waals surface area contributed by atoms with Crippen molar-refractivity contribution in [1.29, 1.82) is 0 Å². The van der Waals surface area contributed by atoms with Crippen LogP contribution in [0.2, 0.25) is 0 Å². The number of hydrogen-bond acceptors (Lipinski definition) is 3. The zero-order chi connectivity index (χ0) is 13.2. The zero-order valence-corrected chi connectivity index (χ0v) is 12.9. The van der Waals surface area contributed by atoms with Crippen LogP contribution in [0.4, 0.5) is 0 Å². The lowest BCUT2D eigenvalue weighted by atomic mass is 10.1. The van der Waals surface area contributed by atoms with E-state index >= 15 is 0 Å². The molecule has 20 heavy (non-hydrogen) atoms. The Morgan fingerprint density at radius 2 is 2.10 bits per heavy atom. The second kappa shape index (κ2) is 6.39. The summed E-state index contributed by atoms with van der Waals surface area (Å²) in [7, 11) is 0. The van der Waals surface area contributed by atoms with Crippen molar-refractivity contribution < 1.29 is 0 Å². The summed E-state index contributed by atoms with van der Waals surface area (Å²) in [5.74, 6) is 1.71. The van der Waals surface area contributed by atoms with Gasteiger partial charge in [0.05, 0.1) is 6.33 Å². The fourth-order valence-electron chi connectivity index (χ4n) is 2.88. The van der Waals surface area contributed by atoms with Crippen molar-refractivity contribution >= 4 is 23.6 Å². The van der Waals surface area contributed by atoms with Crippen LogP contribution in [-0.2, 0) is 6.54 Å². The third-order valence-electron chi connectivity index (χ3n) is 3.91. The van der Waals surface area contributed by atoms with Gasteiger partial charge in [0, 0.05) is 19.0 Å². The van der Waals surface area contributed by atoms with E-state index in [0.29, 0.717) is 5.92 Å². The molecule has 0 unspecified atom stereocenters. The van der Waals surface area contributed by atoms with Gasteiger partial charge in [0.15, 0.2) is 11.1 Å². The third-order valence-corrected chi connectivity index (χ3v) is 3.91. The number of rotatable bonds is 3.